The van der Waals surface area contributed by atoms with Gasteiger partial charge in [0.25, 0.3) is 5.91 Å². The largest absolute Gasteiger partial charge is 0.414 e. The molecule has 1 aliphatic rings. The summed E-state index contributed by atoms with van der Waals surface area (Å²) in [6.45, 7) is 11.7. The molecular weight excluding hydrogens is 326 g/mol. The standard InChI is InChI=1S/C21H27NO2Si/c1-21(2,3)25(4,5)24-14-19-17-12-8-6-10-15(17)16-11-7-9-13-18(16)20(23)22-19/h6-13,19H,14H2,1-5H3,(H,22,23)/t19-/m0/s1. The maximum Gasteiger partial charge on any atom is 0.252 e. The van der Waals surface area contributed by atoms with E-state index in [0.717, 1.165) is 22.3 Å². The second-order valence-corrected chi connectivity index (χ2v) is 13.0. The van der Waals surface area contributed by atoms with Crippen LogP contribution in [0.2, 0.25) is 18.1 Å². The Morgan fingerprint density at radius 3 is 2.16 bits per heavy atom. The molecule has 1 amide bonds. The van der Waals surface area contributed by atoms with Crippen LogP contribution in [0, 0.1) is 0 Å². The van der Waals surface area contributed by atoms with Crippen molar-refractivity contribution >= 4 is 14.2 Å². The molecule has 25 heavy (non-hydrogen) atoms. The zero-order valence-corrected chi connectivity index (χ0v) is 16.7. The molecule has 0 saturated heterocycles. The first-order valence-electron chi connectivity index (χ1n) is 8.84. The highest BCUT2D eigenvalue weighted by molar-refractivity contribution is 6.74. The molecule has 4 heteroatoms. The summed E-state index contributed by atoms with van der Waals surface area (Å²) in [7, 11) is -1.88. The third kappa shape index (κ3) is 3.41. The van der Waals surface area contributed by atoms with Gasteiger partial charge in [0.1, 0.15) is 0 Å². The van der Waals surface area contributed by atoms with Gasteiger partial charge in [0.15, 0.2) is 8.32 Å². The summed E-state index contributed by atoms with van der Waals surface area (Å²) < 4.78 is 6.42. The topological polar surface area (TPSA) is 38.3 Å². The van der Waals surface area contributed by atoms with Crippen molar-refractivity contribution in [1.82, 2.24) is 5.32 Å². The number of nitrogens with one attached hydrogen (secondary N) is 1. The summed E-state index contributed by atoms with van der Waals surface area (Å²) in [5.41, 5.74) is 3.95. The molecule has 0 aliphatic carbocycles. The van der Waals surface area contributed by atoms with E-state index < -0.39 is 8.32 Å². The molecule has 3 rings (SSSR count). The van der Waals surface area contributed by atoms with Gasteiger partial charge in [0, 0.05) is 5.56 Å². The average Bonchev–Trinajstić information content (AvgIpc) is 2.68. The van der Waals surface area contributed by atoms with Crippen LogP contribution >= 0.6 is 0 Å². The van der Waals surface area contributed by atoms with Crippen LogP contribution < -0.4 is 5.32 Å². The molecule has 0 saturated carbocycles. The van der Waals surface area contributed by atoms with Crippen LogP contribution in [0.15, 0.2) is 48.5 Å². The molecule has 3 nitrogen and oxygen atoms in total. The minimum atomic E-state index is -1.88. The Hall–Kier alpha value is -1.91. The second-order valence-electron chi connectivity index (χ2n) is 8.23. The number of carbonyl (C=O) groups is 1. The fourth-order valence-corrected chi connectivity index (χ4v) is 3.93. The number of hydrogen-bond acceptors (Lipinski definition) is 2. The highest BCUT2D eigenvalue weighted by atomic mass is 28.4. The van der Waals surface area contributed by atoms with Gasteiger partial charge >= 0.3 is 0 Å². The van der Waals surface area contributed by atoms with E-state index in [1.807, 2.05) is 36.4 Å². The smallest absolute Gasteiger partial charge is 0.252 e. The zero-order chi connectivity index (χ0) is 18.2. The quantitative estimate of drug-likeness (QED) is 0.774. The maximum atomic E-state index is 12.8. The fraction of sp³-hybridized carbons (Fsp3) is 0.381. The Balaban J connectivity index is 1.97. The summed E-state index contributed by atoms with van der Waals surface area (Å²) in [6.07, 6.45) is 0. The monoisotopic (exact) mass is 353 g/mol. The molecular formula is C21H27NO2Si. The predicted molar refractivity (Wildman–Crippen MR) is 105 cm³/mol. The Bertz CT molecular complexity index is 792. The van der Waals surface area contributed by atoms with Crippen molar-refractivity contribution in [3.63, 3.8) is 0 Å². The van der Waals surface area contributed by atoms with Crippen molar-refractivity contribution in [2.45, 2.75) is 44.9 Å². The first-order valence-corrected chi connectivity index (χ1v) is 11.7. The fourth-order valence-electron chi connectivity index (χ4n) is 2.92. The number of carbonyl (C=O) groups excluding carboxylic acids is 1. The Labute approximate surface area is 151 Å². The lowest BCUT2D eigenvalue weighted by Gasteiger charge is -2.37. The number of amides is 1. The minimum Gasteiger partial charge on any atom is -0.414 e. The molecule has 1 heterocycles. The van der Waals surface area contributed by atoms with Crippen LogP contribution in [0.25, 0.3) is 11.1 Å². The highest BCUT2D eigenvalue weighted by Gasteiger charge is 2.38. The SMILES string of the molecule is CC(C)(C)[Si](C)(C)OC[C@@H]1NC(=O)c2ccccc2-c2ccccc21. The molecule has 1 aliphatic heterocycles. The number of fused-ring (bicyclic) bond motifs is 3. The first kappa shape index (κ1) is 17.9. The number of hydrogen-bond donors (Lipinski definition) is 1. The predicted octanol–water partition coefficient (Wildman–Crippen LogP) is 5.16. The Morgan fingerprint density at radius 2 is 1.52 bits per heavy atom. The van der Waals surface area contributed by atoms with Crippen molar-refractivity contribution in [3.8, 4) is 11.1 Å². The summed E-state index contributed by atoms with van der Waals surface area (Å²) in [5.74, 6) is -0.0318. The van der Waals surface area contributed by atoms with Crippen LogP contribution in [-0.4, -0.2) is 20.8 Å². The van der Waals surface area contributed by atoms with Gasteiger partial charge < -0.3 is 9.74 Å². The molecule has 1 atom stereocenters. The van der Waals surface area contributed by atoms with Crippen molar-refractivity contribution in [1.29, 1.82) is 0 Å². The van der Waals surface area contributed by atoms with Crippen LogP contribution in [0.4, 0.5) is 0 Å². The van der Waals surface area contributed by atoms with Crippen molar-refractivity contribution in [3.05, 3.63) is 59.7 Å². The third-order valence-electron chi connectivity index (χ3n) is 5.52. The van der Waals surface area contributed by atoms with E-state index in [9.17, 15) is 4.79 Å². The third-order valence-corrected chi connectivity index (χ3v) is 10.0. The maximum absolute atomic E-state index is 12.8. The molecule has 0 radical (unpaired) electrons. The normalized spacial score (nSPS) is 17.3. The highest BCUT2D eigenvalue weighted by Crippen LogP contribution is 2.39. The molecule has 0 bridgehead atoms. The van der Waals surface area contributed by atoms with E-state index in [0.29, 0.717) is 6.61 Å². The lowest BCUT2D eigenvalue weighted by atomic mass is 9.94. The summed E-state index contributed by atoms with van der Waals surface area (Å²) in [6, 6.07) is 15.9. The van der Waals surface area contributed by atoms with E-state index >= 15 is 0 Å². The second kappa shape index (κ2) is 6.43. The lowest BCUT2D eigenvalue weighted by Crippen LogP contribution is -2.43. The van der Waals surface area contributed by atoms with E-state index in [4.69, 9.17) is 4.43 Å². The first-order chi connectivity index (χ1) is 11.7. The minimum absolute atomic E-state index is 0.0318. The van der Waals surface area contributed by atoms with Crippen molar-refractivity contribution in [2.24, 2.45) is 0 Å². The molecule has 2 aromatic carbocycles. The van der Waals surface area contributed by atoms with E-state index in [1.165, 1.54) is 0 Å². The molecule has 0 unspecified atom stereocenters. The van der Waals surface area contributed by atoms with Gasteiger partial charge in [-0.2, -0.15) is 0 Å². The molecule has 0 spiro atoms. The van der Waals surface area contributed by atoms with Gasteiger partial charge in [-0.25, -0.2) is 0 Å². The van der Waals surface area contributed by atoms with E-state index in [1.54, 1.807) is 0 Å². The number of benzene rings is 2. The van der Waals surface area contributed by atoms with Gasteiger partial charge in [0.05, 0.1) is 12.6 Å². The summed E-state index contributed by atoms with van der Waals surface area (Å²) >= 11 is 0. The van der Waals surface area contributed by atoms with Crippen molar-refractivity contribution in [2.75, 3.05) is 6.61 Å². The lowest BCUT2D eigenvalue weighted by molar-refractivity contribution is 0.0921. The molecule has 132 valence electrons. The van der Waals surface area contributed by atoms with Crippen LogP contribution in [-0.2, 0) is 4.43 Å². The van der Waals surface area contributed by atoms with Crippen LogP contribution in [0.1, 0.15) is 42.7 Å². The molecule has 2 aromatic rings. The Morgan fingerprint density at radius 1 is 0.960 bits per heavy atom. The van der Waals surface area contributed by atoms with Gasteiger partial charge in [0.2, 0.25) is 0 Å². The molecule has 0 aromatic heterocycles. The van der Waals surface area contributed by atoms with E-state index in [2.05, 4.69) is 51.3 Å². The van der Waals surface area contributed by atoms with Crippen LogP contribution in [0.3, 0.4) is 0 Å². The van der Waals surface area contributed by atoms with Gasteiger partial charge in [-0.05, 0) is 40.9 Å². The van der Waals surface area contributed by atoms with Crippen molar-refractivity contribution < 1.29 is 9.22 Å². The van der Waals surface area contributed by atoms with Gasteiger partial charge in [-0.15, -0.1) is 0 Å². The molecule has 0 fully saturated rings. The molecule has 1 N–H and O–H groups in total. The number of rotatable bonds is 3. The average molecular weight is 354 g/mol. The summed E-state index contributed by atoms with van der Waals surface area (Å²) in [5, 5.41) is 3.32. The zero-order valence-electron chi connectivity index (χ0n) is 15.7. The van der Waals surface area contributed by atoms with Gasteiger partial charge in [-0.1, -0.05) is 63.2 Å². The van der Waals surface area contributed by atoms with Gasteiger partial charge in [-0.3, -0.25) is 4.79 Å². The summed E-state index contributed by atoms with van der Waals surface area (Å²) in [4.78, 5) is 12.8. The van der Waals surface area contributed by atoms with Crippen LogP contribution in [0.5, 0.6) is 0 Å². The van der Waals surface area contributed by atoms with E-state index in [-0.39, 0.29) is 17.0 Å². The Kier molecular flexibility index (Phi) is 4.60.